The van der Waals surface area contributed by atoms with E-state index >= 15 is 0 Å². The van der Waals surface area contributed by atoms with Gasteiger partial charge >= 0.3 is 29.6 Å². The number of H-pyrrole nitrogens is 1. The molecule has 0 amide bonds. The van der Waals surface area contributed by atoms with E-state index in [4.69, 9.17) is 4.98 Å². The van der Waals surface area contributed by atoms with Gasteiger partial charge in [-0.1, -0.05) is 24.3 Å². The van der Waals surface area contributed by atoms with E-state index in [1.807, 2.05) is 42.5 Å². The second-order valence-corrected chi connectivity index (χ2v) is 6.46. The molecule has 127 valence electrons. The van der Waals surface area contributed by atoms with E-state index in [1.54, 1.807) is 0 Å². The van der Waals surface area contributed by atoms with Crippen LogP contribution < -0.4 is 34.9 Å². The largest absolute Gasteiger partial charge is 1.00 e. The molecule has 2 heterocycles. The molecule has 0 bridgehead atoms. The Balaban J connectivity index is 0.00000105. The number of para-hydroxylation sites is 1. The zero-order valence-electron chi connectivity index (χ0n) is 15.1. The Bertz CT molecular complexity index is 1040. The summed E-state index contributed by atoms with van der Waals surface area (Å²) in [6, 6.07) is 23.5. The smallest absolute Gasteiger partial charge is 0.339 e. The van der Waals surface area contributed by atoms with Crippen molar-refractivity contribution in [1.29, 1.82) is 0 Å². The summed E-state index contributed by atoms with van der Waals surface area (Å²) in [5.74, 6) is 1.51. The van der Waals surface area contributed by atoms with Crippen LogP contribution in [0, 0.1) is 6.07 Å². The van der Waals surface area contributed by atoms with E-state index in [2.05, 4.69) is 39.8 Å². The molecule has 6 heteroatoms. The Morgan fingerprint density at radius 2 is 1.85 bits per heavy atom. The third-order valence-electron chi connectivity index (χ3n) is 4.58. The van der Waals surface area contributed by atoms with Gasteiger partial charge in [0.05, 0.1) is 5.52 Å². The van der Waals surface area contributed by atoms with Gasteiger partial charge in [0.15, 0.2) is 5.82 Å². The van der Waals surface area contributed by atoms with E-state index in [0.29, 0.717) is 5.92 Å². The summed E-state index contributed by atoms with van der Waals surface area (Å²) in [5.41, 5.74) is 5.07. The fourth-order valence-electron chi connectivity index (χ4n) is 3.11. The molecule has 27 heavy (non-hydrogen) atoms. The Morgan fingerprint density at radius 3 is 2.63 bits per heavy atom. The minimum absolute atomic E-state index is 0. The number of anilines is 2. The number of aromatic amines is 1. The van der Waals surface area contributed by atoms with Crippen molar-refractivity contribution in [1.82, 2.24) is 15.2 Å². The SMILES string of the molecule is [Na+].[V].[c-]1ccccc1-c1cc(Nc2cc(C3CC3)[nH]n2)c2ccccc2n1. The van der Waals surface area contributed by atoms with Crippen LogP contribution in [0.1, 0.15) is 24.5 Å². The average molecular weight is 399 g/mol. The zero-order valence-corrected chi connectivity index (χ0v) is 18.5. The Hall–Kier alpha value is -1.56. The minimum Gasteiger partial charge on any atom is -0.339 e. The molecule has 0 unspecified atom stereocenters. The molecule has 0 atom stereocenters. The topological polar surface area (TPSA) is 53.6 Å². The van der Waals surface area contributed by atoms with Gasteiger partial charge in [0.25, 0.3) is 0 Å². The van der Waals surface area contributed by atoms with Crippen LogP contribution in [0.2, 0.25) is 0 Å². The van der Waals surface area contributed by atoms with Gasteiger partial charge in [0.2, 0.25) is 0 Å². The molecule has 4 nitrogen and oxygen atoms in total. The van der Waals surface area contributed by atoms with Gasteiger partial charge in [-0.15, -0.1) is 35.9 Å². The number of nitrogens with one attached hydrogen (secondary N) is 2. The number of rotatable bonds is 4. The average Bonchev–Trinajstić information content (AvgIpc) is 3.42. The van der Waals surface area contributed by atoms with Crippen LogP contribution in [0.15, 0.2) is 60.7 Å². The number of hydrogen-bond acceptors (Lipinski definition) is 3. The number of hydrogen-bond donors (Lipinski definition) is 2. The molecule has 1 aliphatic rings. The molecule has 5 rings (SSSR count). The van der Waals surface area contributed by atoms with E-state index in [1.165, 1.54) is 18.5 Å². The summed E-state index contributed by atoms with van der Waals surface area (Å²) in [6.07, 6.45) is 2.52. The molecule has 0 spiro atoms. The Kier molecular flexibility index (Phi) is 6.46. The van der Waals surface area contributed by atoms with Gasteiger partial charge in [0, 0.05) is 47.3 Å². The van der Waals surface area contributed by atoms with Crippen molar-refractivity contribution in [3.8, 4) is 11.3 Å². The molecule has 1 fully saturated rings. The second-order valence-electron chi connectivity index (χ2n) is 6.46. The molecular formula is C21H17N4NaV. The summed E-state index contributed by atoms with van der Waals surface area (Å²) in [5, 5.41) is 12.1. The predicted octanol–water partition coefficient (Wildman–Crippen LogP) is 2.05. The van der Waals surface area contributed by atoms with Gasteiger partial charge in [0.1, 0.15) is 0 Å². The molecule has 0 aliphatic heterocycles. The van der Waals surface area contributed by atoms with Crippen LogP contribution in [0.3, 0.4) is 0 Å². The number of aromatic nitrogens is 3. The normalized spacial score (nSPS) is 12.9. The monoisotopic (exact) mass is 399 g/mol. The van der Waals surface area contributed by atoms with Crippen molar-refractivity contribution in [3.63, 3.8) is 0 Å². The summed E-state index contributed by atoms with van der Waals surface area (Å²) < 4.78 is 0. The Labute approximate surface area is 192 Å². The van der Waals surface area contributed by atoms with Crippen molar-refractivity contribution >= 4 is 22.4 Å². The van der Waals surface area contributed by atoms with E-state index in [9.17, 15) is 0 Å². The fourth-order valence-corrected chi connectivity index (χ4v) is 3.11. The fraction of sp³-hybridized carbons (Fsp3) is 0.143. The first kappa shape index (κ1) is 20.2. The van der Waals surface area contributed by atoms with Crippen LogP contribution in [-0.4, -0.2) is 15.2 Å². The summed E-state index contributed by atoms with van der Waals surface area (Å²) >= 11 is 0. The Morgan fingerprint density at radius 1 is 1.04 bits per heavy atom. The van der Waals surface area contributed by atoms with Crippen LogP contribution in [0.4, 0.5) is 11.5 Å². The zero-order chi connectivity index (χ0) is 16.6. The minimum atomic E-state index is 0. The van der Waals surface area contributed by atoms with Gasteiger partial charge in [-0.3, -0.25) is 10.1 Å². The molecule has 4 aromatic rings. The van der Waals surface area contributed by atoms with Crippen molar-refractivity contribution in [3.05, 3.63) is 72.4 Å². The van der Waals surface area contributed by atoms with E-state index in [-0.39, 0.29) is 48.1 Å². The number of benzene rings is 2. The van der Waals surface area contributed by atoms with Crippen LogP contribution >= 0.6 is 0 Å². The molecule has 1 saturated carbocycles. The summed E-state index contributed by atoms with van der Waals surface area (Å²) in [7, 11) is 0. The first-order chi connectivity index (χ1) is 12.4. The van der Waals surface area contributed by atoms with Gasteiger partial charge in [-0.2, -0.15) is 5.10 Å². The molecule has 2 aromatic carbocycles. The first-order valence-corrected chi connectivity index (χ1v) is 8.56. The third kappa shape index (κ3) is 4.31. The molecular weight excluding hydrogens is 382 g/mol. The molecule has 1 aliphatic carbocycles. The van der Waals surface area contributed by atoms with Crippen molar-refractivity contribution < 1.29 is 48.1 Å². The third-order valence-corrected chi connectivity index (χ3v) is 4.58. The van der Waals surface area contributed by atoms with Crippen molar-refractivity contribution in [2.75, 3.05) is 5.32 Å². The molecule has 1 radical (unpaired) electrons. The molecule has 2 N–H and O–H groups in total. The van der Waals surface area contributed by atoms with Gasteiger partial charge < -0.3 is 5.32 Å². The van der Waals surface area contributed by atoms with Crippen molar-refractivity contribution in [2.24, 2.45) is 0 Å². The maximum absolute atomic E-state index is 4.79. The second kappa shape index (κ2) is 8.64. The predicted molar refractivity (Wildman–Crippen MR) is 99.9 cm³/mol. The first-order valence-electron chi connectivity index (χ1n) is 8.56. The summed E-state index contributed by atoms with van der Waals surface area (Å²) in [6.45, 7) is 0. The van der Waals surface area contributed by atoms with Gasteiger partial charge in [-0.05, 0) is 24.6 Å². The quantitative estimate of drug-likeness (QED) is 0.408. The van der Waals surface area contributed by atoms with E-state index < -0.39 is 0 Å². The van der Waals surface area contributed by atoms with Gasteiger partial charge in [-0.25, -0.2) is 0 Å². The van der Waals surface area contributed by atoms with Crippen LogP contribution in [0.25, 0.3) is 22.2 Å². The number of pyridine rings is 1. The van der Waals surface area contributed by atoms with E-state index in [0.717, 1.165) is 33.7 Å². The van der Waals surface area contributed by atoms with Crippen molar-refractivity contribution in [2.45, 2.75) is 18.8 Å². The maximum atomic E-state index is 4.79. The maximum Gasteiger partial charge on any atom is 1.00 e. The van der Waals surface area contributed by atoms with Crippen LogP contribution in [-0.2, 0) is 18.6 Å². The van der Waals surface area contributed by atoms with Crippen LogP contribution in [0.5, 0.6) is 0 Å². The molecule has 2 aromatic heterocycles. The summed E-state index contributed by atoms with van der Waals surface area (Å²) in [4.78, 5) is 4.79. The molecule has 0 saturated heterocycles. The standard InChI is InChI=1S/C21H17N4.Na.V/c1-2-6-14(7-3-1)18-12-20(16-8-4-5-9-17(16)22-18)23-21-13-19(24-25-21)15-10-11-15;;/h1-6,8-9,12-13,15H,10-11H2,(H2,22,23,24,25);;/q-1;+1;. The number of fused-ring (bicyclic) bond motifs is 1. The number of nitrogens with zero attached hydrogens (tertiary/aromatic N) is 2.